The molecule has 21 heavy (non-hydrogen) atoms. The molecule has 0 aliphatic carbocycles. The van der Waals surface area contributed by atoms with Crippen LogP contribution in [0.2, 0.25) is 0 Å². The normalized spacial score (nSPS) is 12.7. The molecular weight excluding hydrogens is 274 g/mol. The van der Waals surface area contributed by atoms with Crippen LogP contribution < -0.4 is 5.73 Å². The van der Waals surface area contributed by atoms with E-state index < -0.39 is 0 Å². The second-order valence-corrected chi connectivity index (χ2v) is 4.58. The lowest BCUT2D eigenvalue weighted by molar-refractivity contribution is -0.0324. The molecule has 0 aliphatic rings. The lowest BCUT2D eigenvalue weighted by Gasteiger charge is -2.14. The van der Waals surface area contributed by atoms with Gasteiger partial charge in [-0.3, -0.25) is 0 Å². The Labute approximate surface area is 129 Å². The SMILES string of the molecule is CCCCOCCOCCOCCOCC(CN)OCC. The highest BCUT2D eigenvalue weighted by Gasteiger charge is 2.05. The van der Waals surface area contributed by atoms with Gasteiger partial charge in [0.1, 0.15) is 0 Å². The number of hydrogen-bond acceptors (Lipinski definition) is 6. The fraction of sp³-hybridized carbons (Fsp3) is 1.00. The number of nitrogens with two attached hydrogens (primary N) is 1. The molecule has 1 atom stereocenters. The monoisotopic (exact) mass is 307 g/mol. The Hall–Kier alpha value is -0.240. The van der Waals surface area contributed by atoms with Gasteiger partial charge in [-0.15, -0.1) is 0 Å². The minimum absolute atomic E-state index is 0.0222. The van der Waals surface area contributed by atoms with Gasteiger partial charge >= 0.3 is 0 Å². The van der Waals surface area contributed by atoms with Gasteiger partial charge in [-0.2, -0.15) is 0 Å². The van der Waals surface area contributed by atoms with Gasteiger partial charge in [0.25, 0.3) is 0 Å². The molecule has 0 radical (unpaired) electrons. The highest BCUT2D eigenvalue weighted by atomic mass is 16.6. The quantitative estimate of drug-likeness (QED) is 0.407. The summed E-state index contributed by atoms with van der Waals surface area (Å²) in [4.78, 5) is 0. The Balaban J connectivity index is 3.08. The summed E-state index contributed by atoms with van der Waals surface area (Å²) in [6.07, 6.45) is 2.25. The van der Waals surface area contributed by atoms with Crippen molar-refractivity contribution in [3.63, 3.8) is 0 Å². The van der Waals surface area contributed by atoms with Crippen LogP contribution in [0.3, 0.4) is 0 Å². The first-order valence-electron chi connectivity index (χ1n) is 7.97. The third kappa shape index (κ3) is 16.0. The molecule has 0 saturated carbocycles. The summed E-state index contributed by atoms with van der Waals surface area (Å²) in [5.41, 5.74) is 5.54. The first-order valence-corrected chi connectivity index (χ1v) is 7.97. The molecule has 2 N–H and O–H groups in total. The highest BCUT2D eigenvalue weighted by molar-refractivity contribution is 4.56. The average molecular weight is 307 g/mol. The molecule has 0 bridgehead atoms. The van der Waals surface area contributed by atoms with Crippen molar-refractivity contribution in [3.05, 3.63) is 0 Å². The molecule has 0 aromatic carbocycles. The van der Waals surface area contributed by atoms with Crippen LogP contribution in [0.25, 0.3) is 0 Å². The van der Waals surface area contributed by atoms with E-state index in [1.807, 2.05) is 6.92 Å². The van der Waals surface area contributed by atoms with E-state index in [1.165, 1.54) is 0 Å². The second kappa shape index (κ2) is 17.8. The Morgan fingerprint density at radius 3 is 1.76 bits per heavy atom. The molecule has 6 heteroatoms. The molecule has 0 amide bonds. The van der Waals surface area contributed by atoms with E-state index >= 15 is 0 Å². The van der Waals surface area contributed by atoms with Crippen molar-refractivity contribution in [1.82, 2.24) is 0 Å². The maximum Gasteiger partial charge on any atom is 0.0930 e. The van der Waals surface area contributed by atoms with Crippen LogP contribution in [-0.4, -0.2) is 72.1 Å². The molecule has 0 aliphatic heterocycles. The number of rotatable bonds is 17. The molecule has 0 aromatic heterocycles. The number of hydrogen-bond donors (Lipinski definition) is 1. The maximum absolute atomic E-state index is 5.54. The van der Waals surface area contributed by atoms with Crippen molar-refractivity contribution < 1.29 is 23.7 Å². The number of ether oxygens (including phenoxy) is 5. The maximum atomic E-state index is 5.54. The van der Waals surface area contributed by atoms with E-state index in [9.17, 15) is 0 Å². The summed E-state index contributed by atoms with van der Waals surface area (Å²) in [6.45, 7) is 10.1. The first kappa shape index (κ1) is 20.8. The molecule has 128 valence electrons. The van der Waals surface area contributed by atoms with Crippen LogP contribution in [0.4, 0.5) is 0 Å². The van der Waals surface area contributed by atoms with Crippen molar-refractivity contribution >= 4 is 0 Å². The molecule has 6 nitrogen and oxygen atoms in total. The van der Waals surface area contributed by atoms with Crippen molar-refractivity contribution in [2.75, 3.05) is 66.0 Å². The van der Waals surface area contributed by atoms with E-state index in [0.29, 0.717) is 59.4 Å². The summed E-state index contributed by atoms with van der Waals surface area (Å²) < 4.78 is 27.0. The minimum Gasteiger partial charge on any atom is -0.379 e. The Morgan fingerprint density at radius 1 is 0.762 bits per heavy atom. The Morgan fingerprint density at radius 2 is 1.29 bits per heavy atom. The van der Waals surface area contributed by atoms with E-state index in [0.717, 1.165) is 19.4 Å². The molecule has 0 spiro atoms. The van der Waals surface area contributed by atoms with Gasteiger partial charge in [-0.05, 0) is 13.3 Å². The van der Waals surface area contributed by atoms with Crippen molar-refractivity contribution in [1.29, 1.82) is 0 Å². The predicted molar refractivity (Wildman–Crippen MR) is 82.7 cm³/mol. The largest absolute Gasteiger partial charge is 0.379 e. The fourth-order valence-electron chi connectivity index (χ4n) is 1.54. The summed E-state index contributed by atoms with van der Waals surface area (Å²) in [7, 11) is 0. The third-order valence-corrected chi connectivity index (χ3v) is 2.73. The minimum atomic E-state index is -0.0222. The van der Waals surface area contributed by atoms with E-state index in [1.54, 1.807) is 0 Å². The van der Waals surface area contributed by atoms with Gasteiger partial charge in [0, 0.05) is 19.8 Å². The van der Waals surface area contributed by atoms with Gasteiger partial charge < -0.3 is 29.4 Å². The van der Waals surface area contributed by atoms with Crippen molar-refractivity contribution in [2.24, 2.45) is 5.73 Å². The molecule has 0 saturated heterocycles. The highest BCUT2D eigenvalue weighted by Crippen LogP contribution is 1.91. The lowest BCUT2D eigenvalue weighted by atomic mass is 10.4. The predicted octanol–water partition coefficient (Wildman–Crippen LogP) is 1.22. The number of unbranched alkanes of at least 4 members (excludes halogenated alkanes) is 1. The zero-order chi connectivity index (χ0) is 15.6. The van der Waals surface area contributed by atoms with Crippen LogP contribution in [0.15, 0.2) is 0 Å². The molecular formula is C15H33NO5. The van der Waals surface area contributed by atoms with Crippen LogP contribution >= 0.6 is 0 Å². The zero-order valence-corrected chi connectivity index (χ0v) is 13.7. The van der Waals surface area contributed by atoms with Gasteiger partial charge in [0.05, 0.1) is 52.4 Å². The second-order valence-electron chi connectivity index (χ2n) is 4.58. The molecule has 0 heterocycles. The van der Waals surface area contributed by atoms with E-state index in [2.05, 4.69) is 6.92 Å². The summed E-state index contributed by atoms with van der Waals surface area (Å²) in [6, 6.07) is 0. The Kier molecular flexibility index (Phi) is 17.6. The van der Waals surface area contributed by atoms with Crippen molar-refractivity contribution in [3.8, 4) is 0 Å². The van der Waals surface area contributed by atoms with Crippen LogP contribution in [0, 0.1) is 0 Å². The summed E-state index contributed by atoms with van der Waals surface area (Å²) in [5, 5.41) is 0. The molecule has 0 rings (SSSR count). The van der Waals surface area contributed by atoms with Gasteiger partial charge in [0.15, 0.2) is 0 Å². The van der Waals surface area contributed by atoms with Crippen LogP contribution in [0.5, 0.6) is 0 Å². The van der Waals surface area contributed by atoms with E-state index in [-0.39, 0.29) is 6.10 Å². The van der Waals surface area contributed by atoms with Crippen LogP contribution in [0.1, 0.15) is 26.7 Å². The zero-order valence-electron chi connectivity index (χ0n) is 13.7. The standard InChI is InChI=1S/C15H33NO5/c1-3-5-6-17-7-8-18-9-10-19-11-12-20-14-15(13-16)21-4-2/h15H,3-14,16H2,1-2H3. The smallest absolute Gasteiger partial charge is 0.0930 e. The first-order chi connectivity index (χ1) is 10.3. The van der Waals surface area contributed by atoms with Gasteiger partial charge in [-0.25, -0.2) is 0 Å². The summed E-state index contributed by atoms with van der Waals surface area (Å²) in [5.74, 6) is 0. The van der Waals surface area contributed by atoms with Crippen LogP contribution in [-0.2, 0) is 23.7 Å². The van der Waals surface area contributed by atoms with Gasteiger partial charge in [0.2, 0.25) is 0 Å². The average Bonchev–Trinajstić information content (AvgIpc) is 2.50. The lowest BCUT2D eigenvalue weighted by Crippen LogP contribution is -2.29. The Bertz CT molecular complexity index is 195. The van der Waals surface area contributed by atoms with Crippen molar-refractivity contribution in [2.45, 2.75) is 32.8 Å². The summed E-state index contributed by atoms with van der Waals surface area (Å²) >= 11 is 0. The molecule has 0 aromatic rings. The van der Waals surface area contributed by atoms with E-state index in [4.69, 9.17) is 29.4 Å². The fourth-order valence-corrected chi connectivity index (χ4v) is 1.54. The molecule has 0 fully saturated rings. The third-order valence-electron chi connectivity index (χ3n) is 2.73. The topological polar surface area (TPSA) is 72.2 Å². The molecule has 1 unspecified atom stereocenters. The van der Waals surface area contributed by atoms with Gasteiger partial charge in [-0.1, -0.05) is 13.3 Å².